The number of nitrogens with zero attached hydrogens (tertiary/aromatic N) is 3. The number of amides is 1. The smallest absolute Gasteiger partial charge is 0.325 e. The van der Waals surface area contributed by atoms with E-state index in [0.717, 1.165) is 34.9 Å². The molecule has 0 spiro atoms. The first-order chi connectivity index (χ1) is 11.9. The minimum atomic E-state index is -0.337. The van der Waals surface area contributed by atoms with E-state index in [1.54, 1.807) is 11.8 Å². The van der Waals surface area contributed by atoms with Crippen LogP contribution < -0.4 is 0 Å². The normalized spacial score (nSPS) is 13.6. The van der Waals surface area contributed by atoms with Gasteiger partial charge in [0.2, 0.25) is 5.91 Å². The van der Waals surface area contributed by atoms with E-state index >= 15 is 0 Å². The number of ether oxygens (including phenoxy) is 1. The number of aryl methyl sites for hydroxylation is 2. The average molecular weight is 365 g/mol. The number of hydrogen-bond acceptors (Lipinski definition) is 6. The molecular formula is C18H27N3O3S. The van der Waals surface area contributed by atoms with E-state index in [4.69, 9.17) is 4.74 Å². The van der Waals surface area contributed by atoms with Gasteiger partial charge in [0.05, 0.1) is 6.61 Å². The molecule has 1 heterocycles. The van der Waals surface area contributed by atoms with Gasteiger partial charge in [-0.25, -0.2) is 9.97 Å². The highest BCUT2D eigenvalue weighted by Gasteiger charge is 2.28. The standard InChI is InChI=1S/C18H27N3O3S/c1-5-24-17(23)11-21(10-14-6-7-14)16(22)9-8-15-12(2)19-18(25-4)20-13(15)3/h14H,5-11H2,1-4H3. The van der Waals surface area contributed by atoms with Crippen molar-refractivity contribution in [3.63, 3.8) is 0 Å². The Kier molecular flexibility index (Phi) is 7.23. The molecule has 1 amide bonds. The lowest BCUT2D eigenvalue weighted by Gasteiger charge is -2.22. The first kappa shape index (κ1) is 19.7. The van der Waals surface area contributed by atoms with Crippen LogP contribution in [0.4, 0.5) is 0 Å². The third-order valence-electron chi connectivity index (χ3n) is 4.33. The van der Waals surface area contributed by atoms with Crippen LogP contribution in [0.25, 0.3) is 0 Å². The lowest BCUT2D eigenvalue weighted by Crippen LogP contribution is -2.38. The van der Waals surface area contributed by atoms with Gasteiger partial charge in [-0.15, -0.1) is 0 Å². The summed E-state index contributed by atoms with van der Waals surface area (Å²) in [6.45, 7) is 6.71. The predicted molar refractivity (Wildman–Crippen MR) is 97.5 cm³/mol. The zero-order chi connectivity index (χ0) is 18.4. The predicted octanol–water partition coefficient (Wildman–Crippen LogP) is 2.55. The number of carbonyl (C=O) groups is 2. The third kappa shape index (κ3) is 5.99. The van der Waals surface area contributed by atoms with Crippen molar-refractivity contribution in [2.75, 3.05) is 26.0 Å². The minimum Gasteiger partial charge on any atom is -0.465 e. The number of hydrogen-bond donors (Lipinski definition) is 0. The molecule has 1 fully saturated rings. The maximum Gasteiger partial charge on any atom is 0.325 e. The fourth-order valence-electron chi connectivity index (χ4n) is 2.78. The molecule has 7 heteroatoms. The van der Waals surface area contributed by atoms with Gasteiger partial charge in [0, 0.05) is 24.4 Å². The van der Waals surface area contributed by atoms with Crippen LogP contribution >= 0.6 is 11.8 Å². The molecule has 2 rings (SSSR count). The van der Waals surface area contributed by atoms with Crippen LogP contribution in [0.3, 0.4) is 0 Å². The molecule has 1 saturated carbocycles. The monoisotopic (exact) mass is 365 g/mol. The zero-order valence-electron chi connectivity index (χ0n) is 15.5. The molecule has 0 aliphatic heterocycles. The van der Waals surface area contributed by atoms with Crippen molar-refractivity contribution in [1.29, 1.82) is 0 Å². The number of thioether (sulfide) groups is 1. The van der Waals surface area contributed by atoms with Crippen molar-refractivity contribution in [2.45, 2.75) is 51.6 Å². The summed E-state index contributed by atoms with van der Waals surface area (Å²) in [5, 5.41) is 0.753. The Morgan fingerprint density at radius 1 is 1.24 bits per heavy atom. The second-order valence-corrected chi connectivity index (χ2v) is 7.16. The van der Waals surface area contributed by atoms with E-state index < -0.39 is 0 Å². The average Bonchev–Trinajstić information content (AvgIpc) is 3.37. The highest BCUT2D eigenvalue weighted by atomic mass is 32.2. The number of aromatic nitrogens is 2. The van der Waals surface area contributed by atoms with Crippen LogP contribution in [0.15, 0.2) is 5.16 Å². The second kappa shape index (κ2) is 9.17. The molecule has 1 aromatic rings. The van der Waals surface area contributed by atoms with Gasteiger partial charge < -0.3 is 9.64 Å². The Bertz CT molecular complexity index is 609. The molecule has 138 valence electrons. The highest BCUT2D eigenvalue weighted by Crippen LogP contribution is 2.30. The van der Waals surface area contributed by atoms with Crippen LogP contribution in [-0.4, -0.2) is 52.7 Å². The molecular weight excluding hydrogens is 338 g/mol. The highest BCUT2D eigenvalue weighted by molar-refractivity contribution is 7.98. The molecule has 0 bridgehead atoms. The summed E-state index contributed by atoms with van der Waals surface area (Å²) in [7, 11) is 0. The van der Waals surface area contributed by atoms with Crippen molar-refractivity contribution >= 4 is 23.6 Å². The second-order valence-electron chi connectivity index (χ2n) is 6.38. The van der Waals surface area contributed by atoms with Crippen molar-refractivity contribution < 1.29 is 14.3 Å². The summed E-state index contributed by atoms with van der Waals surface area (Å²) >= 11 is 1.51. The van der Waals surface area contributed by atoms with E-state index in [0.29, 0.717) is 31.9 Å². The van der Waals surface area contributed by atoms with E-state index in [1.807, 2.05) is 20.1 Å². The zero-order valence-corrected chi connectivity index (χ0v) is 16.3. The molecule has 25 heavy (non-hydrogen) atoms. The summed E-state index contributed by atoms with van der Waals surface area (Å²) < 4.78 is 5.00. The molecule has 0 aromatic carbocycles. The first-order valence-electron chi connectivity index (χ1n) is 8.76. The molecule has 0 radical (unpaired) electrons. The van der Waals surface area contributed by atoms with E-state index in [2.05, 4.69) is 9.97 Å². The Morgan fingerprint density at radius 3 is 2.40 bits per heavy atom. The molecule has 0 atom stereocenters. The van der Waals surface area contributed by atoms with Gasteiger partial charge in [0.15, 0.2) is 5.16 Å². The van der Waals surface area contributed by atoms with Gasteiger partial charge in [-0.05, 0) is 57.8 Å². The lowest BCUT2D eigenvalue weighted by molar-refractivity contribution is -0.149. The van der Waals surface area contributed by atoms with E-state index in [-0.39, 0.29) is 18.4 Å². The number of esters is 1. The summed E-state index contributed by atoms with van der Waals surface area (Å²) in [6.07, 6.45) is 5.16. The number of rotatable bonds is 9. The van der Waals surface area contributed by atoms with Gasteiger partial charge in [0.1, 0.15) is 6.54 Å². The maximum atomic E-state index is 12.6. The van der Waals surface area contributed by atoms with E-state index in [1.165, 1.54) is 11.8 Å². The maximum absolute atomic E-state index is 12.6. The number of carbonyl (C=O) groups excluding carboxylic acids is 2. The summed E-state index contributed by atoms with van der Waals surface area (Å²) in [6, 6.07) is 0. The SMILES string of the molecule is CCOC(=O)CN(CC1CC1)C(=O)CCc1c(C)nc(SC)nc1C. The lowest BCUT2D eigenvalue weighted by atomic mass is 10.1. The fourth-order valence-corrected chi connectivity index (χ4v) is 3.24. The molecule has 1 aromatic heterocycles. The Morgan fingerprint density at radius 2 is 1.88 bits per heavy atom. The third-order valence-corrected chi connectivity index (χ3v) is 4.87. The van der Waals surface area contributed by atoms with Crippen LogP contribution in [0.1, 0.15) is 43.1 Å². The summed E-state index contributed by atoms with van der Waals surface area (Å²) in [4.78, 5) is 35.0. The van der Waals surface area contributed by atoms with Crippen molar-refractivity contribution in [1.82, 2.24) is 14.9 Å². The Labute approximate surface area is 153 Å². The molecule has 1 aliphatic carbocycles. The quantitative estimate of drug-likeness (QED) is 0.380. The van der Waals surface area contributed by atoms with Crippen LogP contribution in [0.5, 0.6) is 0 Å². The molecule has 0 N–H and O–H groups in total. The van der Waals surface area contributed by atoms with E-state index in [9.17, 15) is 9.59 Å². The van der Waals surface area contributed by atoms with Gasteiger partial charge >= 0.3 is 5.97 Å². The van der Waals surface area contributed by atoms with Gasteiger partial charge in [0.25, 0.3) is 0 Å². The van der Waals surface area contributed by atoms with Crippen LogP contribution in [-0.2, 0) is 20.7 Å². The van der Waals surface area contributed by atoms with Crippen molar-refractivity contribution in [3.8, 4) is 0 Å². The Hall–Kier alpha value is -1.63. The van der Waals surface area contributed by atoms with Gasteiger partial charge in [-0.1, -0.05) is 11.8 Å². The van der Waals surface area contributed by atoms with Gasteiger partial charge in [-0.2, -0.15) is 0 Å². The van der Waals surface area contributed by atoms with Gasteiger partial charge in [-0.3, -0.25) is 9.59 Å². The summed E-state index contributed by atoms with van der Waals surface area (Å²) in [5.41, 5.74) is 2.86. The Balaban J connectivity index is 1.99. The summed E-state index contributed by atoms with van der Waals surface area (Å²) in [5.74, 6) is 0.190. The molecule has 0 unspecified atom stereocenters. The topological polar surface area (TPSA) is 72.4 Å². The first-order valence-corrected chi connectivity index (χ1v) is 9.98. The molecule has 6 nitrogen and oxygen atoms in total. The fraction of sp³-hybridized carbons (Fsp3) is 0.667. The minimum absolute atomic E-state index is 0.00676. The van der Waals surface area contributed by atoms with Crippen molar-refractivity contribution in [3.05, 3.63) is 17.0 Å². The largest absolute Gasteiger partial charge is 0.465 e. The van der Waals surface area contributed by atoms with Crippen LogP contribution in [0, 0.1) is 19.8 Å². The molecule has 0 saturated heterocycles. The molecule has 1 aliphatic rings. The van der Waals surface area contributed by atoms with Crippen molar-refractivity contribution in [2.24, 2.45) is 5.92 Å². The van der Waals surface area contributed by atoms with Crippen LogP contribution in [0.2, 0.25) is 0 Å².